The van der Waals surface area contributed by atoms with Crippen LogP contribution in [0.3, 0.4) is 0 Å². The van der Waals surface area contributed by atoms with Crippen LogP contribution in [0.1, 0.15) is 96.4 Å². The van der Waals surface area contributed by atoms with E-state index in [-0.39, 0.29) is 17.7 Å². The Bertz CT molecular complexity index is 1820. The van der Waals surface area contributed by atoms with Crippen LogP contribution in [0.5, 0.6) is 11.5 Å². The first-order valence-electron chi connectivity index (χ1n) is 20.6. The molecule has 0 saturated carbocycles. The van der Waals surface area contributed by atoms with Crippen molar-refractivity contribution in [2.45, 2.75) is 91.9 Å². The van der Waals surface area contributed by atoms with Crippen LogP contribution in [-0.2, 0) is 36.7 Å². The summed E-state index contributed by atoms with van der Waals surface area (Å²) in [6, 6.07) is 5.62. The van der Waals surface area contributed by atoms with Gasteiger partial charge in [-0.1, -0.05) is 40.5 Å². The number of aromatic nitrogens is 4. The summed E-state index contributed by atoms with van der Waals surface area (Å²) in [5.74, 6) is 4.26. The smallest absolute Gasteiger partial charge is 0.406 e. The van der Waals surface area contributed by atoms with Crippen molar-refractivity contribution >= 4 is 30.1 Å². The van der Waals surface area contributed by atoms with Crippen molar-refractivity contribution in [2.75, 3.05) is 48.5 Å². The highest BCUT2D eigenvalue weighted by Crippen LogP contribution is 2.38. The molecule has 4 rings (SSSR count). The van der Waals surface area contributed by atoms with Crippen LogP contribution >= 0.6 is 0 Å². The molecule has 0 fully saturated rings. The van der Waals surface area contributed by atoms with E-state index in [0.29, 0.717) is 66.3 Å². The number of ether oxygens (including phenoxy) is 4. The van der Waals surface area contributed by atoms with E-state index in [1.165, 1.54) is 28.3 Å². The molecule has 3 amide bonds. The molecule has 10 N–H and O–H groups in total. The van der Waals surface area contributed by atoms with Gasteiger partial charge in [-0.3, -0.25) is 14.4 Å². The zero-order valence-electron chi connectivity index (χ0n) is 37.5. The third kappa shape index (κ3) is 20.2. The Balaban J connectivity index is 0.00000137. The van der Waals surface area contributed by atoms with Crippen molar-refractivity contribution in [2.24, 2.45) is 29.0 Å². The zero-order chi connectivity index (χ0) is 45.7. The van der Waals surface area contributed by atoms with E-state index in [4.69, 9.17) is 25.7 Å². The van der Waals surface area contributed by atoms with Crippen LogP contribution < -0.4 is 37.3 Å². The van der Waals surface area contributed by atoms with E-state index < -0.39 is 6.09 Å². The lowest BCUT2D eigenvalue weighted by Crippen LogP contribution is -2.29. The van der Waals surface area contributed by atoms with Gasteiger partial charge in [-0.25, -0.2) is 14.8 Å². The summed E-state index contributed by atoms with van der Waals surface area (Å²) in [6.45, 7) is 10.2. The molecule has 340 valence electrons. The van der Waals surface area contributed by atoms with Crippen LogP contribution in [0.25, 0.3) is 17.0 Å². The number of aryl methyl sites for hydroxylation is 2. The first-order chi connectivity index (χ1) is 29.3. The largest absolute Gasteiger partial charge is 0.471 e. The summed E-state index contributed by atoms with van der Waals surface area (Å²) in [5, 5.41) is 5.24. The lowest BCUT2D eigenvalue weighted by molar-refractivity contribution is -0.131. The van der Waals surface area contributed by atoms with Crippen LogP contribution in [0.4, 0.5) is 4.79 Å². The van der Waals surface area contributed by atoms with E-state index in [2.05, 4.69) is 73.5 Å². The number of imidazole rings is 2. The molecule has 2 atom stereocenters. The van der Waals surface area contributed by atoms with Gasteiger partial charge in [-0.05, 0) is 62.8 Å². The second-order valence-electron chi connectivity index (χ2n) is 14.3. The number of methoxy groups -OCH3 is 2. The van der Waals surface area contributed by atoms with Gasteiger partial charge in [0, 0.05) is 64.5 Å². The number of unbranched alkanes of at least 4 members (excludes halogenated alkanes) is 2. The number of allylic oxidation sites excluding steroid dienone is 1. The first-order valence-corrected chi connectivity index (χ1v) is 20.6. The molecule has 0 radical (unpaired) electrons. The van der Waals surface area contributed by atoms with E-state index >= 15 is 0 Å². The highest BCUT2D eigenvalue weighted by molar-refractivity contribution is 5.76. The van der Waals surface area contributed by atoms with Crippen molar-refractivity contribution in [1.82, 2.24) is 35.5 Å². The fourth-order valence-electron chi connectivity index (χ4n) is 5.41. The van der Waals surface area contributed by atoms with Gasteiger partial charge in [0.1, 0.15) is 11.6 Å². The SMILES string of the molecule is CCC(C)CC(=O)NCCCCc1ncc(/C(N)=C/C2=C(N)Oc3cc(-c4cnc(CCCCN(C)C(=O)CC(C)CC)[nH]4)ccc3O2)[nH]1.CN.CNC(=O)OC.COC=O. The van der Waals surface area contributed by atoms with E-state index in [1.807, 2.05) is 36.3 Å². The van der Waals surface area contributed by atoms with E-state index in [1.54, 1.807) is 12.3 Å². The molecule has 0 bridgehead atoms. The Labute approximate surface area is 360 Å². The number of hydrogen-bond donors (Lipinski definition) is 7. The summed E-state index contributed by atoms with van der Waals surface area (Å²) in [7, 11) is 7.52. The van der Waals surface area contributed by atoms with Gasteiger partial charge in [0.05, 0.1) is 43.7 Å². The van der Waals surface area contributed by atoms with Crippen LogP contribution in [-0.4, -0.2) is 97.7 Å². The maximum Gasteiger partial charge on any atom is 0.406 e. The summed E-state index contributed by atoms with van der Waals surface area (Å²) < 4.78 is 20.0. The molecular formula is C43H70N10O8. The Morgan fingerprint density at radius 2 is 1.54 bits per heavy atom. The number of nitrogens with one attached hydrogen (secondary N) is 4. The first kappa shape index (κ1) is 53.0. The van der Waals surface area contributed by atoms with Gasteiger partial charge >= 0.3 is 6.09 Å². The molecule has 2 aromatic heterocycles. The molecule has 2 unspecified atom stereocenters. The minimum atomic E-state index is -0.407. The van der Waals surface area contributed by atoms with Gasteiger partial charge in [-0.15, -0.1) is 0 Å². The lowest BCUT2D eigenvalue weighted by Gasteiger charge is -2.20. The number of hydrogen-bond acceptors (Lipinski definition) is 13. The number of alkyl carbamates (subject to hydrolysis) is 1. The molecule has 0 spiro atoms. The number of carbonyl (C=O) groups excluding carboxylic acids is 4. The van der Waals surface area contributed by atoms with Crippen molar-refractivity contribution in [3.8, 4) is 22.8 Å². The van der Waals surface area contributed by atoms with Crippen molar-refractivity contribution in [1.29, 1.82) is 0 Å². The average molecular weight is 855 g/mol. The van der Waals surface area contributed by atoms with E-state index in [0.717, 1.165) is 80.8 Å². The van der Waals surface area contributed by atoms with Gasteiger partial charge in [0.2, 0.25) is 17.7 Å². The van der Waals surface area contributed by atoms with Gasteiger partial charge < -0.3 is 61.6 Å². The number of rotatable bonds is 20. The second-order valence-corrected chi connectivity index (χ2v) is 14.3. The lowest BCUT2D eigenvalue weighted by atomic mass is 10.0. The third-order valence-electron chi connectivity index (χ3n) is 9.47. The quantitative estimate of drug-likeness (QED) is 0.0575. The molecule has 1 aliphatic rings. The molecular weight excluding hydrogens is 785 g/mol. The fraction of sp³-hybridized carbons (Fsp3) is 0.535. The standard InChI is InChI=1S/C37H54N8O4.C3H7NO2.C2H4O2.CH5N/c1-6-24(3)18-35(46)40-16-10-8-12-34-42-23-29(44-34)27(38)21-32-37(39)49-31-20-26(14-15-30(31)48-32)28-22-41-33(43-28)13-9-11-17-45(5)36(47)19-25(4)7-2;1-4-3(5)6-2;1-4-2-3;1-2/h14-15,20-25H,6-13,16-19,38-39H2,1-5H3,(H,40,46)(H,41,43)(H,42,44);1-2H3,(H,4,5);2H,1H3;2H2,1H3/b27-21-;;;. The minimum Gasteiger partial charge on any atom is -0.471 e. The second kappa shape index (κ2) is 30.1. The minimum absolute atomic E-state index is 0.0978. The number of H-pyrrole nitrogens is 2. The number of fused-ring (bicyclic) bond motifs is 1. The van der Waals surface area contributed by atoms with Crippen LogP contribution in [0.2, 0.25) is 0 Å². The number of benzene rings is 1. The Morgan fingerprint density at radius 1 is 0.918 bits per heavy atom. The molecule has 61 heavy (non-hydrogen) atoms. The number of carbonyl (C=O) groups is 4. The maximum absolute atomic E-state index is 12.3. The molecule has 0 aliphatic carbocycles. The zero-order valence-corrected chi connectivity index (χ0v) is 37.5. The number of nitrogens with zero attached hydrogens (tertiary/aromatic N) is 3. The monoisotopic (exact) mass is 855 g/mol. The average Bonchev–Trinajstić information content (AvgIpc) is 3.96. The topological polar surface area (TPSA) is 268 Å². The number of aromatic amines is 2. The Morgan fingerprint density at radius 3 is 2.15 bits per heavy atom. The molecule has 0 saturated heterocycles. The summed E-state index contributed by atoms with van der Waals surface area (Å²) in [5.41, 5.74) is 19.9. The van der Waals surface area contributed by atoms with Crippen LogP contribution in [0.15, 0.2) is 48.3 Å². The third-order valence-corrected chi connectivity index (χ3v) is 9.47. The molecule has 1 aliphatic heterocycles. The fourth-order valence-corrected chi connectivity index (χ4v) is 5.41. The highest BCUT2D eigenvalue weighted by Gasteiger charge is 2.21. The molecule has 18 heteroatoms. The highest BCUT2D eigenvalue weighted by atomic mass is 16.6. The number of nitrogens with two attached hydrogens (primary N) is 3. The summed E-state index contributed by atoms with van der Waals surface area (Å²) in [6.07, 6.45) is 13.0. The predicted molar refractivity (Wildman–Crippen MR) is 237 cm³/mol. The Hall–Kier alpha value is -6.04. The van der Waals surface area contributed by atoms with Crippen LogP contribution in [0, 0.1) is 11.8 Å². The van der Waals surface area contributed by atoms with Crippen molar-refractivity contribution in [3.63, 3.8) is 0 Å². The van der Waals surface area contributed by atoms with Gasteiger partial charge in [-0.2, -0.15) is 0 Å². The Kier molecular flexibility index (Phi) is 26.1. The molecule has 1 aromatic carbocycles. The van der Waals surface area contributed by atoms with Gasteiger partial charge in [0.25, 0.3) is 6.47 Å². The molecule has 3 heterocycles. The molecule has 3 aromatic rings. The predicted octanol–water partition coefficient (Wildman–Crippen LogP) is 5.13. The van der Waals surface area contributed by atoms with Crippen molar-refractivity contribution < 1.29 is 38.1 Å². The number of amides is 3. The summed E-state index contributed by atoms with van der Waals surface area (Å²) in [4.78, 5) is 60.6. The van der Waals surface area contributed by atoms with E-state index in [9.17, 15) is 14.4 Å². The summed E-state index contributed by atoms with van der Waals surface area (Å²) >= 11 is 0. The van der Waals surface area contributed by atoms with Crippen molar-refractivity contribution in [3.05, 3.63) is 65.7 Å². The van der Waals surface area contributed by atoms with Gasteiger partial charge in [0.15, 0.2) is 17.3 Å². The molecule has 18 nitrogen and oxygen atoms in total. The maximum atomic E-state index is 12.3. The normalized spacial score (nSPS) is 12.5.